The molecule has 1 aromatic heterocycles. The third-order valence-corrected chi connectivity index (χ3v) is 2.37. The van der Waals surface area contributed by atoms with Gasteiger partial charge in [-0.15, -0.1) is 11.6 Å². The van der Waals surface area contributed by atoms with Gasteiger partial charge in [-0.3, -0.25) is 0 Å². The molecule has 76 valence electrons. The molecule has 0 aliphatic rings. The summed E-state index contributed by atoms with van der Waals surface area (Å²) in [4.78, 5) is 4.18. The van der Waals surface area contributed by atoms with Crippen molar-refractivity contribution in [2.75, 3.05) is 0 Å². The highest BCUT2D eigenvalue weighted by molar-refractivity contribution is 6.17. The van der Waals surface area contributed by atoms with Gasteiger partial charge >= 0.3 is 0 Å². The van der Waals surface area contributed by atoms with Crippen LogP contribution in [0, 0.1) is 5.21 Å². The van der Waals surface area contributed by atoms with E-state index in [1.165, 1.54) is 12.4 Å². The molecule has 2 rings (SSSR count). The molecule has 15 heavy (non-hydrogen) atoms. The molecule has 0 aliphatic carbocycles. The molecule has 0 spiro atoms. The second-order valence-corrected chi connectivity index (χ2v) is 3.32. The van der Waals surface area contributed by atoms with Gasteiger partial charge in [-0.2, -0.15) is 4.73 Å². The summed E-state index contributed by atoms with van der Waals surface area (Å²) < 4.78 is 0.752. The Balaban J connectivity index is 2.58. The average molecular weight is 221 g/mol. The minimum absolute atomic E-state index is 0.154. The van der Waals surface area contributed by atoms with Crippen LogP contribution in [0.4, 0.5) is 0 Å². The lowest BCUT2D eigenvalue weighted by Gasteiger charge is -2.06. The molecule has 2 aromatic rings. The highest BCUT2D eigenvalue weighted by Gasteiger charge is 2.13. The number of aromatic nitrogens is 2. The first kappa shape index (κ1) is 9.93. The molecule has 3 nitrogen and oxygen atoms in total. The van der Waals surface area contributed by atoms with E-state index in [4.69, 9.17) is 11.6 Å². The van der Waals surface area contributed by atoms with Gasteiger partial charge in [-0.05, 0) is 0 Å². The van der Waals surface area contributed by atoms with Crippen LogP contribution in [0.25, 0.3) is 11.3 Å². The molecule has 0 radical (unpaired) electrons. The van der Waals surface area contributed by atoms with Crippen LogP contribution in [0.5, 0.6) is 0 Å². The van der Waals surface area contributed by atoms with Crippen molar-refractivity contribution < 1.29 is 4.73 Å². The smallest absolute Gasteiger partial charge is 0.233 e. The van der Waals surface area contributed by atoms with Gasteiger partial charge in [0, 0.05) is 5.56 Å². The van der Waals surface area contributed by atoms with Gasteiger partial charge in [0.1, 0.15) is 11.6 Å². The minimum Gasteiger partial charge on any atom is -0.618 e. The quantitative estimate of drug-likeness (QED) is 0.442. The molecule has 0 fully saturated rings. The van der Waals surface area contributed by atoms with Crippen LogP contribution in [0.3, 0.4) is 0 Å². The van der Waals surface area contributed by atoms with Gasteiger partial charge in [0.2, 0.25) is 5.69 Å². The normalized spacial score (nSPS) is 10.2. The van der Waals surface area contributed by atoms with Crippen molar-refractivity contribution in [2.45, 2.75) is 5.88 Å². The highest BCUT2D eigenvalue weighted by Crippen LogP contribution is 2.19. The maximum Gasteiger partial charge on any atom is 0.233 e. The lowest BCUT2D eigenvalue weighted by molar-refractivity contribution is -0.612. The second kappa shape index (κ2) is 4.28. The van der Waals surface area contributed by atoms with Crippen LogP contribution >= 0.6 is 11.6 Å². The number of hydrogen-bond donors (Lipinski definition) is 0. The SMILES string of the molecule is [O-][n+]1ccnc(-c2ccccc2)c1CCl. The van der Waals surface area contributed by atoms with Crippen molar-refractivity contribution in [3.63, 3.8) is 0 Å². The maximum atomic E-state index is 11.4. The highest BCUT2D eigenvalue weighted by atomic mass is 35.5. The van der Waals surface area contributed by atoms with E-state index in [-0.39, 0.29) is 5.88 Å². The van der Waals surface area contributed by atoms with Crippen molar-refractivity contribution in [1.82, 2.24) is 4.98 Å². The molecule has 0 amide bonds. The third kappa shape index (κ3) is 1.92. The fourth-order valence-corrected chi connectivity index (χ4v) is 1.64. The van der Waals surface area contributed by atoms with Crippen LogP contribution in [0.15, 0.2) is 42.7 Å². The Hall–Kier alpha value is -1.61. The van der Waals surface area contributed by atoms with Crippen LogP contribution < -0.4 is 4.73 Å². The molecule has 0 atom stereocenters. The van der Waals surface area contributed by atoms with Crippen molar-refractivity contribution >= 4 is 11.6 Å². The molecule has 0 bridgehead atoms. The van der Waals surface area contributed by atoms with E-state index in [0.29, 0.717) is 11.4 Å². The Morgan fingerprint density at radius 2 is 2.00 bits per heavy atom. The van der Waals surface area contributed by atoms with Crippen LogP contribution in [-0.2, 0) is 5.88 Å². The van der Waals surface area contributed by atoms with Gasteiger partial charge in [-0.1, -0.05) is 30.3 Å². The number of rotatable bonds is 2. The summed E-state index contributed by atoms with van der Waals surface area (Å²) in [5.41, 5.74) is 2.02. The predicted molar refractivity (Wildman–Crippen MR) is 58.2 cm³/mol. The Morgan fingerprint density at radius 1 is 1.27 bits per heavy atom. The standard InChI is InChI=1S/C11H9ClN2O/c12-8-10-11(13-6-7-14(10)15)9-4-2-1-3-5-9/h1-7H,8H2. The number of alkyl halides is 1. The molecule has 4 heteroatoms. The van der Waals surface area contributed by atoms with E-state index in [1.54, 1.807) is 0 Å². The average Bonchev–Trinajstić information content (AvgIpc) is 2.30. The molecular formula is C11H9ClN2O. The second-order valence-electron chi connectivity index (χ2n) is 3.05. The van der Waals surface area contributed by atoms with Crippen molar-refractivity contribution in [3.05, 3.63) is 53.6 Å². The zero-order chi connectivity index (χ0) is 10.7. The summed E-state index contributed by atoms with van der Waals surface area (Å²) in [5.74, 6) is 0.154. The number of benzene rings is 1. The summed E-state index contributed by atoms with van der Waals surface area (Å²) in [7, 11) is 0. The summed E-state index contributed by atoms with van der Waals surface area (Å²) in [6.07, 6.45) is 2.83. The first-order valence-electron chi connectivity index (χ1n) is 4.51. The van der Waals surface area contributed by atoms with Crippen molar-refractivity contribution in [1.29, 1.82) is 0 Å². The number of nitrogens with zero attached hydrogens (tertiary/aromatic N) is 2. The van der Waals surface area contributed by atoms with Crippen molar-refractivity contribution in [3.8, 4) is 11.3 Å². The fraction of sp³-hybridized carbons (Fsp3) is 0.0909. The molecular weight excluding hydrogens is 212 g/mol. The van der Waals surface area contributed by atoms with Crippen molar-refractivity contribution in [2.24, 2.45) is 0 Å². The Kier molecular flexibility index (Phi) is 2.83. The Morgan fingerprint density at radius 3 is 2.67 bits per heavy atom. The molecule has 1 heterocycles. The Bertz CT molecular complexity index is 459. The topological polar surface area (TPSA) is 39.8 Å². The van der Waals surface area contributed by atoms with E-state index in [9.17, 15) is 5.21 Å². The summed E-state index contributed by atoms with van der Waals surface area (Å²) in [5, 5.41) is 11.4. The van der Waals surface area contributed by atoms with E-state index in [0.717, 1.165) is 10.3 Å². The molecule has 0 saturated carbocycles. The van der Waals surface area contributed by atoms with Crippen LogP contribution in [0.2, 0.25) is 0 Å². The molecule has 0 N–H and O–H groups in total. The fourth-order valence-electron chi connectivity index (χ4n) is 1.40. The molecule has 0 unspecified atom stereocenters. The zero-order valence-electron chi connectivity index (χ0n) is 7.93. The largest absolute Gasteiger partial charge is 0.618 e. The van der Waals surface area contributed by atoms with Gasteiger partial charge in [0.15, 0.2) is 6.20 Å². The van der Waals surface area contributed by atoms with E-state index < -0.39 is 0 Å². The van der Waals surface area contributed by atoms with Gasteiger partial charge < -0.3 is 5.21 Å². The number of hydrogen-bond acceptors (Lipinski definition) is 2. The molecule has 0 saturated heterocycles. The first-order chi connectivity index (χ1) is 7.33. The predicted octanol–water partition coefficient (Wildman–Crippen LogP) is 2.12. The monoisotopic (exact) mass is 220 g/mol. The molecule has 0 aliphatic heterocycles. The maximum absolute atomic E-state index is 11.4. The van der Waals surface area contributed by atoms with E-state index >= 15 is 0 Å². The minimum atomic E-state index is 0.154. The zero-order valence-corrected chi connectivity index (χ0v) is 8.69. The van der Waals surface area contributed by atoms with Gasteiger partial charge in [-0.25, -0.2) is 4.98 Å². The lowest BCUT2D eigenvalue weighted by atomic mass is 10.1. The van der Waals surface area contributed by atoms with E-state index in [1.807, 2.05) is 30.3 Å². The lowest BCUT2D eigenvalue weighted by Crippen LogP contribution is -2.31. The summed E-state index contributed by atoms with van der Waals surface area (Å²) in [6, 6.07) is 9.52. The van der Waals surface area contributed by atoms with E-state index in [2.05, 4.69) is 4.98 Å². The first-order valence-corrected chi connectivity index (χ1v) is 5.05. The Labute approximate surface area is 92.6 Å². The van der Waals surface area contributed by atoms with Crippen LogP contribution in [0.1, 0.15) is 5.69 Å². The molecule has 1 aromatic carbocycles. The van der Waals surface area contributed by atoms with Crippen LogP contribution in [-0.4, -0.2) is 4.98 Å². The summed E-state index contributed by atoms with van der Waals surface area (Å²) in [6.45, 7) is 0. The van der Waals surface area contributed by atoms with Gasteiger partial charge in [0.05, 0.1) is 6.20 Å². The summed E-state index contributed by atoms with van der Waals surface area (Å²) >= 11 is 5.73. The third-order valence-electron chi connectivity index (χ3n) is 2.12. The number of halogens is 1. The van der Waals surface area contributed by atoms with Gasteiger partial charge in [0.25, 0.3) is 0 Å².